The first kappa shape index (κ1) is 34.1. The summed E-state index contributed by atoms with van der Waals surface area (Å²) >= 11 is 2.42. The number of carbonyl (C=O) groups is 2. The molecule has 0 bridgehead atoms. The summed E-state index contributed by atoms with van der Waals surface area (Å²) in [4.78, 5) is 33.9. The summed E-state index contributed by atoms with van der Waals surface area (Å²) in [6.07, 6.45) is 3.74. The summed E-state index contributed by atoms with van der Waals surface area (Å²) in [5, 5.41) is 20.0. The first-order valence-electron chi connectivity index (χ1n) is 15.9. The fourth-order valence-electron chi connectivity index (χ4n) is 5.97. The predicted octanol–water partition coefficient (Wildman–Crippen LogP) is 7.68. The third-order valence-corrected chi connectivity index (χ3v) is 10.4. The van der Waals surface area contributed by atoms with Crippen LogP contribution in [0.25, 0.3) is 54.7 Å². The number of nitrogens with zero attached hydrogens (tertiary/aromatic N) is 6. The van der Waals surface area contributed by atoms with Crippen LogP contribution >= 0.6 is 22.7 Å². The van der Waals surface area contributed by atoms with Crippen molar-refractivity contribution in [1.29, 1.82) is 0 Å². The minimum Gasteiger partial charge on any atom is -0.496 e. The average Bonchev–Trinajstić information content (AvgIpc) is 3.93. The summed E-state index contributed by atoms with van der Waals surface area (Å²) in [6, 6.07) is 26.3. The smallest absolute Gasteiger partial charge is 0.348 e. The van der Waals surface area contributed by atoms with E-state index in [4.69, 9.17) is 20.2 Å². The van der Waals surface area contributed by atoms with Crippen LogP contribution in [-0.4, -0.2) is 60.4 Å². The van der Waals surface area contributed by atoms with E-state index in [0.29, 0.717) is 43.3 Å². The minimum atomic E-state index is -1.01. The normalized spacial score (nSPS) is 11.0. The fourth-order valence-corrected chi connectivity index (χ4v) is 8.04. The van der Waals surface area contributed by atoms with Crippen molar-refractivity contribution in [2.45, 2.75) is 13.8 Å². The molecule has 0 saturated heterocycles. The topological polar surface area (TPSA) is 159 Å². The third kappa shape index (κ3) is 6.14. The molecular formula is C38H31N7O5S2. The Morgan fingerprint density at radius 3 is 1.52 bits per heavy atom. The number of carbonyl (C=O) groups excluding carboxylic acids is 1. The number of methoxy groups -OCH3 is 2. The minimum absolute atomic E-state index is 0.180. The van der Waals surface area contributed by atoms with Crippen LogP contribution in [0.5, 0.6) is 11.5 Å². The van der Waals surface area contributed by atoms with Gasteiger partial charge in [0.15, 0.2) is 0 Å². The Balaban J connectivity index is 0.000000162. The van der Waals surface area contributed by atoms with E-state index in [1.54, 1.807) is 29.3 Å². The van der Waals surface area contributed by atoms with Crippen molar-refractivity contribution < 1.29 is 24.2 Å². The number of hydrogen-bond donors (Lipinski definition) is 2. The molecule has 0 fully saturated rings. The number of aryl methyl sites for hydroxylation is 2. The van der Waals surface area contributed by atoms with E-state index in [9.17, 15) is 14.7 Å². The zero-order valence-corrected chi connectivity index (χ0v) is 30.0. The number of aromatic nitrogens is 6. The lowest BCUT2D eigenvalue weighted by molar-refractivity contribution is 0.0702. The van der Waals surface area contributed by atoms with Gasteiger partial charge in [-0.15, -0.1) is 22.7 Å². The maximum atomic E-state index is 12.1. The van der Waals surface area contributed by atoms with E-state index in [1.165, 1.54) is 11.3 Å². The average molecular weight is 730 g/mol. The standard InChI is InChI=1S/C19H16N4O2S.C19H15N3O3S/c1-11-15(13-8-5-6-10-23(13)22-11)19-21-16(17(26-19)18(20)24)12-7-3-4-9-14(12)25-2;1-11-15(13-8-5-6-10-22(13)21-11)18-20-16(17(26-18)19(23)24)12-7-3-4-9-14(12)25-2/h3-10H,1-2H3,(H2,20,24);3-10H,1-2H3,(H,23,24). The highest BCUT2D eigenvalue weighted by Crippen LogP contribution is 2.41. The Hall–Kier alpha value is -6.38. The molecule has 0 aliphatic heterocycles. The molecule has 52 heavy (non-hydrogen) atoms. The van der Waals surface area contributed by atoms with Crippen molar-refractivity contribution in [3.63, 3.8) is 0 Å². The number of rotatable bonds is 8. The summed E-state index contributed by atoms with van der Waals surface area (Å²) < 4.78 is 14.4. The van der Waals surface area contributed by atoms with E-state index < -0.39 is 11.9 Å². The molecule has 0 aliphatic rings. The van der Waals surface area contributed by atoms with Gasteiger partial charge in [0, 0.05) is 23.5 Å². The van der Waals surface area contributed by atoms with E-state index in [0.717, 1.165) is 50.4 Å². The monoisotopic (exact) mass is 729 g/mol. The molecule has 1 amide bonds. The number of thiazole rings is 2. The van der Waals surface area contributed by atoms with Crippen LogP contribution in [0.1, 0.15) is 30.7 Å². The quantitative estimate of drug-likeness (QED) is 0.160. The van der Waals surface area contributed by atoms with Gasteiger partial charge in [0.2, 0.25) is 0 Å². The van der Waals surface area contributed by atoms with Gasteiger partial charge in [0.1, 0.15) is 37.0 Å². The highest BCUT2D eigenvalue weighted by Gasteiger charge is 2.25. The van der Waals surface area contributed by atoms with Gasteiger partial charge in [-0.1, -0.05) is 36.4 Å². The van der Waals surface area contributed by atoms with Crippen molar-refractivity contribution in [2.24, 2.45) is 5.73 Å². The van der Waals surface area contributed by atoms with Crippen LogP contribution < -0.4 is 15.2 Å². The first-order chi connectivity index (χ1) is 25.2. The van der Waals surface area contributed by atoms with Crippen LogP contribution in [0.4, 0.5) is 0 Å². The fraction of sp³-hybridized carbons (Fsp3) is 0.105. The highest BCUT2D eigenvalue weighted by molar-refractivity contribution is 7.17. The molecular weight excluding hydrogens is 699 g/mol. The molecule has 6 aromatic heterocycles. The second-order valence-electron chi connectivity index (χ2n) is 11.4. The lowest BCUT2D eigenvalue weighted by Gasteiger charge is -2.06. The molecule has 6 heterocycles. The van der Waals surface area contributed by atoms with Crippen LogP contribution in [0, 0.1) is 13.8 Å². The number of benzene rings is 2. The van der Waals surface area contributed by atoms with Gasteiger partial charge in [-0.25, -0.2) is 23.8 Å². The van der Waals surface area contributed by atoms with Gasteiger partial charge < -0.3 is 20.3 Å². The number of amides is 1. The van der Waals surface area contributed by atoms with Gasteiger partial charge in [0.05, 0.1) is 53.5 Å². The van der Waals surface area contributed by atoms with Gasteiger partial charge in [-0.05, 0) is 62.4 Å². The molecule has 0 saturated carbocycles. The summed E-state index contributed by atoms with van der Waals surface area (Å²) in [7, 11) is 3.15. The Labute approximate surface area is 305 Å². The SMILES string of the molecule is COc1ccccc1-c1nc(-c2c(C)nn3ccccc23)sc1C(=O)O.COc1ccccc1-c1nc(-c2c(C)nn3ccccc23)sc1C(N)=O. The highest BCUT2D eigenvalue weighted by atomic mass is 32.1. The largest absolute Gasteiger partial charge is 0.496 e. The molecule has 0 spiro atoms. The van der Waals surface area contributed by atoms with Gasteiger partial charge in [0.25, 0.3) is 5.91 Å². The van der Waals surface area contributed by atoms with Gasteiger partial charge in [-0.3, -0.25) is 4.79 Å². The van der Waals surface area contributed by atoms with Crippen molar-refractivity contribution in [2.75, 3.05) is 14.2 Å². The number of primary amides is 1. The molecule has 8 aromatic rings. The molecule has 2 aromatic carbocycles. The van der Waals surface area contributed by atoms with Crippen LogP contribution in [0.3, 0.4) is 0 Å². The Morgan fingerprint density at radius 2 is 1.08 bits per heavy atom. The van der Waals surface area contributed by atoms with Crippen molar-refractivity contribution in [3.8, 4) is 55.2 Å². The van der Waals surface area contributed by atoms with Crippen molar-refractivity contribution >= 4 is 45.6 Å². The van der Waals surface area contributed by atoms with E-state index >= 15 is 0 Å². The van der Waals surface area contributed by atoms with Crippen LogP contribution in [0.2, 0.25) is 0 Å². The number of nitrogens with two attached hydrogens (primary N) is 1. The van der Waals surface area contributed by atoms with Crippen LogP contribution in [-0.2, 0) is 0 Å². The molecule has 3 N–H and O–H groups in total. The molecule has 0 aliphatic carbocycles. The number of aromatic carboxylic acids is 1. The number of pyridine rings is 2. The molecule has 14 heteroatoms. The predicted molar refractivity (Wildman–Crippen MR) is 202 cm³/mol. The molecule has 0 atom stereocenters. The number of ether oxygens (including phenoxy) is 2. The zero-order chi connectivity index (χ0) is 36.5. The number of carboxylic acid groups (broad SMARTS) is 1. The molecule has 260 valence electrons. The summed E-state index contributed by atoms with van der Waals surface area (Å²) in [5.41, 5.74) is 13.2. The summed E-state index contributed by atoms with van der Waals surface area (Å²) in [5.74, 6) is -0.292. The molecule has 0 radical (unpaired) electrons. The van der Waals surface area contributed by atoms with Crippen LogP contribution in [0.15, 0.2) is 97.3 Å². The Kier molecular flexibility index (Phi) is 9.24. The lowest BCUT2D eigenvalue weighted by Crippen LogP contribution is -2.10. The van der Waals surface area contributed by atoms with E-state index in [2.05, 4.69) is 15.2 Å². The first-order valence-corrected chi connectivity index (χ1v) is 17.5. The lowest BCUT2D eigenvalue weighted by atomic mass is 10.1. The molecule has 12 nitrogen and oxygen atoms in total. The van der Waals surface area contributed by atoms with Crippen molar-refractivity contribution in [3.05, 3.63) is 118 Å². The number of hydrogen-bond acceptors (Lipinski definition) is 10. The number of para-hydroxylation sites is 2. The van der Waals surface area contributed by atoms with E-state index in [1.807, 2.05) is 105 Å². The zero-order valence-electron chi connectivity index (χ0n) is 28.4. The molecule has 8 rings (SSSR count). The second kappa shape index (κ2) is 14.1. The second-order valence-corrected chi connectivity index (χ2v) is 13.4. The van der Waals surface area contributed by atoms with E-state index in [-0.39, 0.29) is 4.88 Å². The third-order valence-electron chi connectivity index (χ3n) is 8.25. The van der Waals surface area contributed by atoms with Crippen molar-refractivity contribution in [1.82, 2.24) is 29.2 Å². The Morgan fingerprint density at radius 1 is 0.654 bits per heavy atom. The maximum absolute atomic E-state index is 12.1. The number of fused-ring (bicyclic) bond motifs is 2. The van der Waals surface area contributed by atoms with Gasteiger partial charge in [-0.2, -0.15) is 10.2 Å². The van der Waals surface area contributed by atoms with Gasteiger partial charge >= 0.3 is 5.97 Å². The summed E-state index contributed by atoms with van der Waals surface area (Å²) in [6.45, 7) is 3.82. The maximum Gasteiger partial charge on any atom is 0.348 e. The Bertz CT molecular complexity index is 2440. The number of carboxylic acids is 1. The molecule has 0 unspecified atom stereocenters.